The Morgan fingerprint density at radius 1 is 1.41 bits per heavy atom. The van der Waals surface area contributed by atoms with Crippen LogP contribution in [0.1, 0.15) is 12.8 Å². The van der Waals surface area contributed by atoms with E-state index in [0.29, 0.717) is 10.7 Å². The van der Waals surface area contributed by atoms with E-state index in [9.17, 15) is 14.4 Å². The first-order chi connectivity index (χ1) is 14.0. The Hall–Kier alpha value is -2.71. The zero-order valence-electron chi connectivity index (χ0n) is 15.0. The van der Waals surface area contributed by atoms with Crippen LogP contribution in [0.2, 0.25) is 0 Å². The highest BCUT2D eigenvalue weighted by Gasteiger charge is 2.62. The minimum Gasteiger partial charge on any atom is -0.449 e. The van der Waals surface area contributed by atoms with Crippen molar-refractivity contribution in [1.82, 2.24) is 35.7 Å². The van der Waals surface area contributed by atoms with Gasteiger partial charge < -0.3 is 19.9 Å². The molecule has 1 aromatic heterocycles. The molecule has 1 aromatic rings. The Labute approximate surface area is 167 Å². The van der Waals surface area contributed by atoms with Crippen LogP contribution >= 0.6 is 11.8 Å². The first kappa shape index (κ1) is 18.3. The maximum atomic E-state index is 12.3. The number of nitrogens with one attached hydrogen (secondary N) is 2. The van der Waals surface area contributed by atoms with Crippen LogP contribution in [0.3, 0.4) is 0 Å². The molecule has 3 aliphatic heterocycles. The number of tetrazole rings is 1. The van der Waals surface area contributed by atoms with Gasteiger partial charge in [-0.1, -0.05) is 11.8 Å². The van der Waals surface area contributed by atoms with Crippen molar-refractivity contribution in [3.63, 3.8) is 0 Å². The zero-order chi connectivity index (χ0) is 20.1. The van der Waals surface area contributed by atoms with Crippen molar-refractivity contribution < 1.29 is 29.0 Å². The molecule has 3 N–H and O–H groups in total. The molecule has 0 bridgehead atoms. The number of hydrogen-bond donors (Lipinski definition) is 3. The van der Waals surface area contributed by atoms with Crippen LogP contribution in [0.25, 0.3) is 0 Å². The smallest absolute Gasteiger partial charge is 0.449 e. The summed E-state index contributed by atoms with van der Waals surface area (Å²) in [5.74, 6) is -0.197. The lowest BCUT2D eigenvalue weighted by molar-refractivity contribution is -0.164. The van der Waals surface area contributed by atoms with Crippen molar-refractivity contribution >= 4 is 29.7 Å². The molecular formula is C15H17N7O6S. The van der Waals surface area contributed by atoms with Crippen LogP contribution in [0.4, 0.5) is 4.79 Å². The van der Waals surface area contributed by atoms with Gasteiger partial charge in [-0.05, 0) is 23.3 Å². The second kappa shape index (κ2) is 6.96. The lowest BCUT2D eigenvalue weighted by atomic mass is 9.91. The Morgan fingerprint density at radius 3 is 3.00 bits per heavy atom. The molecule has 14 heteroatoms. The Balaban J connectivity index is 1.32. The Bertz CT molecular complexity index is 915. The maximum absolute atomic E-state index is 12.3. The summed E-state index contributed by atoms with van der Waals surface area (Å²) in [5.41, 5.74) is 0.539. The molecule has 2 amide bonds. The van der Waals surface area contributed by atoms with Crippen molar-refractivity contribution in [2.45, 2.75) is 48.8 Å². The monoisotopic (exact) mass is 423 g/mol. The number of β-lactam (4-membered cyclic amide) rings is 1. The van der Waals surface area contributed by atoms with E-state index in [1.807, 2.05) is 0 Å². The number of rotatable bonds is 7. The number of nitrogens with zero attached hydrogens (tertiary/aromatic N) is 5. The highest BCUT2D eigenvalue weighted by molar-refractivity contribution is 7.99. The third-order valence-electron chi connectivity index (χ3n) is 5.13. The average Bonchev–Trinajstić information content (AvgIpc) is 3.29. The molecule has 13 nitrogen and oxygen atoms in total. The van der Waals surface area contributed by atoms with E-state index in [1.165, 1.54) is 21.3 Å². The molecule has 0 spiro atoms. The number of carbonyl (C=O) groups is 3. The van der Waals surface area contributed by atoms with Gasteiger partial charge in [-0.2, -0.15) is 0 Å². The van der Waals surface area contributed by atoms with Gasteiger partial charge in [0.05, 0.1) is 12.8 Å². The fourth-order valence-electron chi connectivity index (χ4n) is 3.69. The number of ether oxygens (including phenoxy) is 2. The van der Waals surface area contributed by atoms with Gasteiger partial charge in [-0.3, -0.25) is 19.8 Å². The van der Waals surface area contributed by atoms with Gasteiger partial charge in [0.2, 0.25) is 22.9 Å². The second-order valence-corrected chi connectivity index (χ2v) is 8.00. The molecule has 1 unspecified atom stereocenters. The number of carboxylic acid groups (broad SMARTS) is 1. The van der Waals surface area contributed by atoms with Crippen LogP contribution in [0.15, 0.2) is 16.6 Å². The summed E-state index contributed by atoms with van der Waals surface area (Å²) in [5, 5.41) is 26.7. The van der Waals surface area contributed by atoms with E-state index < -0.39 is 18.3 Å². The predicted molar refractivity (Wildman–Crippen MR) is 93.1 cm³/mol. The summed E-state index contributed by atoms with van der Waals surface area (Å²) in [6, 6.07) is -0.511. The maximum Gasteiger partial charge on any atom is 0.512 e. The Kier molecular flexibility index (Phi) is 4.40. The minimum atomic E-state index is -1.51. The van der Waals surface area contributed by atoms with Crippen LogP contribution in [0, 0.1) is 0 Å². The van der Waals surface area contributed by atoms with Crippen LogP contribution in [-0.2, 0) is 25.6 Å². The number of thioether (sulfide) groups is 1. The summed E-state index contributed by atoms with van der Waals surface area (Å²) in [6.07, 6.45) is -0.0102. The average molecular weight is 423 g/mol. The number of amides is 2. The van der Waals surface area contributed by atoms with Crippen LogP contribution in [-0.4, -0.2) is 84.9 Å². The van der Waals surface area contributed by atoms with E-state index in [1.54, 1.807) is 0 Å². The number of carbonyl (C=O) groups excluding carboxylic acids is 2. The van der Waals surface area contributed by atoms with Crippen molar-refractivity contribution in [3.8, 4) is 0 Å². The summed E-state index contributed by atoms with van der Waals surface area (Å²) in [6.45, 7) is 0.168. The molecule has 2 saturated heterocycles. The molecule has 3 fully saturated rings. The normalized spacial score (nSPS) is 27.5. The molecule has 4 aliphatic rings. The Morgan fingerprint density at radius 2 is 2.24 bits per heavy atom. The first-order valence-electron chi connectivity index (χ1n) is 9.03. The van der Waals surface area contributed by atoms with E-state index in [2.05, 4.69) is 26.2 Å². The summed E-state index contributed by atoms with van der Waals surface area (Å²) < 4.78 is 12.0. The molecule has 1 aliphatic carbocycles. The van der Waals surface area contributed by atoms with Gasteiger partial charge in [0.25, 0.3) is 0 Å². The zero-order valence-corrected chi connectivity index (χ0v) is 15.8. The second-order valence-electron chi connectivity index (χ2n) is 7.06. The molecule has 154 valence electrons. The third-order valence-corrected chi connectivity index (χ3v) is 6.14. The van der Waals surface area contributed by atoms with Crippen LogP contribution in [0.5, 0.6) is 0 Å². The van der Waals surface area contributed by atoms with Crippen molar-refractivity contribution in [3.05, 3.63) is 11.5 Å². The van der Waals surface area contributed by atoms with E-state index in [4.69, 9.17) is 14.6 Å². The summed E-state index contributed by atoms with van der Waals surface area (Å²) >= 11 is 1.21. The molecule has 3 atom stereocenters. The fourth-order valence-corrected chi connectivity index (χ4v) is 4.61. The standard InChI is InChI=1S/C15H17N7O6S/c23-8(17-6-1-2-6)3-21-14(18-19-20-21)29-4-7-11-10-9(16-5-27-11)12(24)22(10)13(7)28-15(25)26/h6,9-11,16H,1-5H2,(H,17,23)(H,25,26)/t9-,10-,11?/m0/s1. The SMILES string of the molecule is O=C(Cn1nnnc1SCC1=C(OC(=O)O)N2C(=O)[C@H]3NCOC1[C@H]32)NC1CC1. The highest BCUT2D eigenvalue weighted by atomic mass is 32.2. The highest BCUT2D eigenvalue weighted by Crippen LogP contribution is 2.44. The van der Waals surface area contributed by atoms with Gasteiger partial charge in [0.1, 0.15) is 18.7 Å². The lowest BCUT2D eigenvalue weighted by Gasteiger charge is -2.47. The van der Waals surface area contributed by atoms with Crippen molar-refractivity contribution in [2.75, 3.05) is 12.5 Å². The predicted octanol–water partition coefficient (Wildman–Crippen LogP) is -1.51. The first-order valence-corrected chi connectivity index (χ1v) is 10.0. The number of hydrogen-bond acceptors (Lipinski definition) is 10. The number of aromatic nitrogens is 4. The van der Waals surface area contributed by atoms with Gasteiger partial charge in [-0.15, -0.1) is 5.10 Å². The molecular weight excluding hydrogens is 406 g/mol. The lowest BCUT2D eigenvalue weighted by Crippen LogP contribution is -2.73. The topological polar surface area (TPSA) is 161 Å². The van der Waals surface area contributed by atoms with Gasteiger partial charge in [0.15, 0.2) is 0 Å². The molecule has 4 heterocycles. The largest absolute Gasteiger partial charge is 0.512 e. The van der Waals surface area contributed by atoms with Gasteiger partial charge >= 0.3 is 6.16 Å². The van der Waals surface area contributed by atoms with E-state index in [-0.39, 0.29) is 48.8 Å². The summed E-state index contributed by atoms with van der Waals surface area (Å²) in [7, 11) is 0. The molecule has 0 radical (unpaired) electrons. The summed E-state index contributed by atoms with van der Waals surface area (Å²) in [4.78, 5) is 36.8. The van der Waals surface area contributed by atoms with Crippen LogP contribution < -0.4 is 10.6 Å². The van der Waals surface area contributed by atoms with Gasteiger partial charge in [0, 0.05) is 17.4 Å². The molecule has 5 rings (SSSR count). The minimum absolute atomic E-state index is 0.0114. The third kappa shape index (κ3) is 3.22. The van der Waals surface area contributed by atoms with Gasteiger partial charge in [-0.25, -0.2) is 9.48 Å². The van der Waals surface area contributed by atoms with E-state index >= 15 is 0 Å². The molecule has 0 aromatic carbocycles. The van der Waals surface area contributed by atoms with E-state index in [0.717, 1.165) is 12.8 Å². The van der Waals surface area contributed by atoms with Crippen molar-refractivity contribution in [1.29, 1.82) is 0 Å². The van der Waals surface area contributed by atoms with Crippen molar-refractivity contribution in [2.24, 2.45) is 0 Å². The molecule has 29 heavy (non-hydrogen) atoms. The quantitative estimate of drug-likeness (QED) is 0.266. The fraction of sp³-hybridized carbons (Fsp3) is 0.600. The molecule has 1 saturated carbocycles.